The first kappa shape index (κ1) is 13.8. The molecule has 96 valence electrons. The van der Waals surface area contributed by atoms with Crippen LogP contribution in [0.4, 0.5) is 0 Å². The highest BCUT2D eigenvalue weighted by atomic mass is 16.5. The van der Waals surface area contributed by atoms with Crippen molar-refractivity contribution >= 4 is 0 Å². The minimum absolute atomic E-state index is 0.749. The molecule has 3 heteroatoms. The molecule has 0 atom stereocenters. The number of hydrogen-bond acceptors (Lipinski definition) is 3. The van der Waals surface area contributed by atoms with E-state index in [0.29, 0.717) is 0 Å². The van der Waals surface area contributed by atoms with Crippen LogP contribution >= 0.6 is 0 Å². The predicted molar refractivity (Wildman–Crippen MR) is 70.9 cm³/mol. The zero-order chi connectivity index (χ0) is 12.7. The van der Waals surface area contributed by atoms with E-state index in [0.717, 1.165) is 49.3 Å². The second-order valence-corrected chi connectivity index (χ2v) is 4.04. The molecule has 0 unspecified atom stereocenters. The molecule has 0 amide bonds. The summed E-state index contributed by atoms with van der Waals surface area (Å²) < 4.78 is 10.9. The molecule has 0 saturated heterocycles. The minimum atomic E-state index is 0.749. The highest BCUT2D eigenvalue weighted by molar-refractivity contribution is 5.50. The molecule has 0 aromatic heterocycles. The van der Waals surface area contributed by atoms with E-state index < -0.39 is 0 Å². The Morgan fingerprint density at radius 1 is 1.12 bits per heavy atom. The van der Waals surface area contributed by atoms with Crippen LogP contribution in [-0.2, 0) is 12.8 Å². The van der Waals surface area contributed by atoms with E-state index in [1.807, 2.05) is 6.07 Å². The van der Waals surface area contributed by atoms with Crippen LogP contribution in [0.2, 0.25) is 0 Å². The van der Waals surface area contributed by atoms with Crippen LogP contribution in [0, 0.1) is 0 Å². The molecule has 0 saturated carbocycles. The van der Waals surface area contributed by atoms with Crippen LogP contribution in [-0.4, -0.2) is 20.8 Å². The Kier molecular flexibility index (Phi) is 5.84. The number of unbranched alkanes of at least 4 members (excludes halogenated alkanes) is 1. The van der Waals surface area contributed by atoms with Crippen molar-refractivity contribution in [3.05, 3.63) is 23.3 Å². The standard InChI is InChI=1S/C14H23NO2/c1-4-12-13(16-2)9-8-11(14(12)17-3)7-5-6-10-15/h8-9H,4-7,10,15H2,1-3H3. The summed E-state index contributed by atoms with van der Waals surface area (Å²) in [6.07, 6.45) is 4.08. The van der Waals surface area contributed by atoms with E-state index in [1.165, 1.54) is 5.56 Å². The number of methoxy groups -OCH3 is 2. The van der Waals surface area contributed by atoms with Crippen molar-refractivity contribution in [3.63, 3.8) is 0 Å². The number of aryl methyl sites for hydroxylation is 1. The molecule has 0 bridgehead atoms. The number of rotatable bonds is 7. The van der Waals surface area contributed by atoms with Gasteiger partial charge in [-0.3, -0.25) is 0 Å². The van der Waals surface area contributed by atoms with Gasteiger partial charge in [-0.25, -0.2) is 0 Å². The molecule has 2 N–H and O–H groups in total. The van der Waals surface area contributed by atoms with Crippen LogP contribution in [0.1, 0.15) is 30.9 Å². The molecule has 0 aliphatic carbocycles. The van der Waals surface area contributed by atoms with Gasteiger partial charge >= 0.3 is 0 Å². The Hall–Kier alpha value is -1.22. The molecule has 0 fully saturated rings. The van der Waals surface area contributed by atoms with Crippen LogP contribution in [0.15, 0.2) is 12.1 Å². The molecule has 1 aromatic rings. The fourth-order valence-electron chi connectivity index (χ4n) is 2.10. The summed E-state index contributed by atoms with van der Waals surface area (Å²) in [4.78, 5) is 0. The van der Waals surface area contributed by atoms with E-state index in [9.17, 15) is 0 Å². The SMILES string of the molecule is CCc1c(OC)ccc(CCCCN)c1OC. The molecule has 1 aromatic carbocycles. The zero-order valence-corrected chi connectivity index (χ0v) is 11.1. The van der Waals surface area contributed by atoms with Crippen molar-refractivity contribution in [1.29, 1.82) is 0 Å². The van der Waals surface area contributed by atoms with Gasteiger partial charge in [-0.1, -0.05) is 13.0 Å². The van der Waals surface area contributed by atoms with Gasteiger partial charge in [-0.2, -0.15) is 0 Å². The monoisotopic (exact) mass is 237 g/mol. The van der Waals surface area contributed by atoms with Gasteiger partial charge < -0.3 is 15.2 Å². The van der Waals surface area contributed by atoms with Gasteiger partial charge in [0.05, 0.1) is 14.2 Å². The lowest BCUT2D eigenvalue weighted by molar-refractivity contribution is 0.382. The molecule has 3 nitrogen and oxygen atoms in total. The van der Waals surface area contributed by atoms with E-state index in [-0.39, 0.29) is 0 Å². The predicted octanol–water partition coefficient (Wildman–Crippen LogP) is 2.55. The molecule has 1 rings (SSSR count). The normalized spacial score (nSPS) is 10.4. The van der Waals surface area contributed by atoms with Gasteiger partial charge in [-0.05, 0) is 43.9 Å². The summed E-state index contributed by atoms with van der Waals surface area (Å²) in [5.74, 6) is 1.88. The van der Waals surface area contributed by atoms with Crippen molar-refractivity contribution < 1.29 is 9.47 Å². The first-order valence-corrected chi connectivity index (χ1v) is 6.21. The largest absolute Gasteiger partial charge is 0.496 e. The van der Waals surface area contributed by atoms with E-state index in [4.69, 9.17) is 15.2 Å². The average Bonchev–Trinajstić information content (AvgIpc) is 2.38. The first-order valence-electron chi connectivity index (χ1n) is 6.21. The van der Waals surface area contributed by atoms with Crippen molar-refractivity contribution in [2.75, 3.05) is 20.8 Å². The van der Waals surface area contributed by atoms with Crippen LogP contribution in [0.5, 0.6) is 11.5 Å². The highest BCUT2D eigenvalue weighted by Crippen LogP contribution is 2.33. The van der Waals surface area contributed by atoms with Gasteiger partial charge in [0, 0.05) is 5.56 Å². The van der Waals surface area contributed by atoms with Crippen molar-refractivity contribution in [3.8, 4) is 11.5 Å². The molecular weight excluding hydrogens is 214 g/mol. The zero-order valence-electron chi connectivity index (χ0n) is 11.1. The molecule has 17 heavy (non-hydrogen) atoms. The number of hydrogen-bond donors (Lipinski definition) is 1. The lowest BCUT2D eigenvalue weighted by Crippen LogP contribution is -2.02. The topological polar surface area (TPSA) is 44.5 Å². The Bertz CT molecular complexity index is 350. The minimum Gasteiger partial charge on any atom is -0.496 e. The van der Waals surface area contributed by atoms with Crippen molar-refractivity contribution in [2.24, 2.45) is 5.73 Å². The van der Waals surface area contributed by atoms with Crippen LogP contribution < -0.4 is 15.2 Å². The lowest BCUT2D eigenvalue weighted by atomic mass is 10.0. The quantitative estimate of drug-likeness (QED) is 0.741. The molecule has 0 spiro atoms. The van der Waals surface area contributed by atoms with Crippen molar-refractivity contribution in [1.82, 2.24) is 0 Å². The number of nitrogens with two attached hydrogens (primary N) is 1. The summed E-state index contributed by atoms with van der Waals surface area (Å²) in [7, 11) is 3.42. The fourth-order valence-corrected chi connectivity index (χ4v) is 2.10. The molecular formula is C14H23NO2. The average molecular weight is 237 g/mol. The second kappa shape index (κ2) is 7.17. The Balaban J connectivity index is 2.97. The molecule has 0 radical (unpaired) electrons. The molecule has 0 aliphatic heterocycles. The summed E-state index contributed by atoms with van der Waals surface area (Å²) in [6, 6.07) is 4.12. The summed E-state index contributed by atoms with van der Waals surface area (Å²) in [6.45, 7) is 2.86. The van der Waals surface area contributed by atoms with Crippen LogP contribution in [0.25, 0.3) is 0 Å². The maximum absolute atomic E-state index is 5.53. The van der Waals surface area contributed by atoms with Crippen LogP contribution in [0.3, 0.4) is 0 Å². The van der Waals surface area contributed by atoms with E-state index >= 15 is 0 Å². The molecule has 0 heterocycles. The molecule has 0 aliphatic rings. The maximum Gasteiger partial charge on any atom is 0.128 e. The van der Waals surface area contributed by atoms with Gasteiger partial charge in [0.25, 0.3) is 0 Å². The van der Waals surface area contributed by atoms with Gasteiger partial charge in [0.1, 0.15) is 11.5 Å². The third-order valence-electron chi connectivity index (χ3n) is 2.98. The summed E-state index contributed by atoms with van der Waals surface area (Å²) in [5, 5.41) is 0. The van der Waals surface area contributed by atoms with E-state index in [2.05, 4.69) is 13.0 Å². The van der Waals surface area contributed by atoms with Gasteiger partial charge in [-0.15, -0.1) is 0 Å². The Morgan fingerprint density at radius 3 is 2.41 bits per heavy atom. The summed E-state index contributed by atoms with van der Waals surface area (Å²) in [5.41, 5.74) is 7.92. The van der Waals surface area contributed by atoms with Crippen molar-refractivity contribution in [2.45, 2.75) is 32.6 Å². The lowest BCUT2D eigenvalue weighted by Gasteiger charge is -2.16. The Labute approximate surface area is 104 Å². The fraction of sp³-hybridized carbons (Fsp3) is 0.571. The first-order chi connectivity index (χ1) is 8.28. The number of benzene rings is 1. The van der Waals surface area contributed by atoms with E-state index in [1.54, 1.807) is 14.2 Å². The van der Waals surface area contributed by atoms with Gasteiger partial charge in [0.15, 0.2) is 0 Å². The maximum atomic E-state index is 5.53. The smallest absolute Gasteiger partial charge is 0.128 e. The number of ether oxygens (including phenoxy) is 2. The summed E-state index contributed by atoms with van der Waals surface area (Å²) >= 11 is 0. The Morgan fingerprint density at radius 2 is 1.88 bits per heavy atom. The second-order valence-electron chi connectivity index (χ2n) is 4.04. The highest BCUT2D eigenvalue weighted by Gasteiger charge is 2.12. The third-order valence-corrected chi connectivity index (χ3v) is 2.98. The third kappa shape index (κ3) is 3.37. The van der Waals surface area contributed by atoms with Gasteiger partial charge in [0.2, 0.25) is 0 Å².